The van der Waals surface area contributed by atoms with Gasteiger partial charge in [-0.05, 0) is 24.6 Å². The molecule has 0 spiro atoms. The normalized spacial score (nSPS) is 12.4. The van der Waals surface area contributed by atoms with E-state index in [1.807, 2.05) is 0 Å². The molecule has 26 heavy (non-hydrogen) atoms. The van der Waals surface area contributed by atoms with E-state index in [1.165, 1.54) is 17.9 Å². The van der Waals surface area contributed by atoms with Crippen molar-refractivity contribution in [3.05, 3.63) is 35.4 Å². The summed E-state index contributed by atoms with van der Waals surface area (Å²) in [5, 5.41) is 11.4. The van der Waals surface area contributed by atoms with Crippen LogP contribution in [0.5, 0.6) is 0 Å². The number of nitrogens with zero attached hydrogens (tertiary/aromatic N) is 1. The van der Waals surface area contributed by atoms with Crippen molar-refractivity contribution in [2.45, 2.75) is 46.7 Å². The highest BCUT2D eigenvalue weighted by Gasteiger charge is 2.28. The molecule has 0 aliphatic heterocycles. The molecule has 1 atom stereocenters. The first-order valence-electron chi connectivity index (χ1n) is 8.17. The molecular weight excluding hydrogens is 346 g/mol. The Morgan fingerprint density at radius 3 is 2.31 bits per heavy atom. The van der Waals surface area contributed by atoms with Crippen LogP contribution in [-0.4, -0.2) is 40.4 Å². The fraction of sp³-hybridized carbons (Fsp3) is 0.500. The second kappa shape index (κ2) is 8.73. The van der Waals surface area contributed by atoms with E-state index in [2.05, 4.69) is 5.32 Å². The number of halogens is 2. The van der Waals surface area contributed by atoms with Crippen LogP contribution in [0.4, 0.5) is 8.78 Å². The van der Waals surface area contributed by atoms with Crippen molar-refractivity contribution in [2.24, 2.45) is 5.41 Å². The number of carbonyl (C=O) groups is 3. The molecule has 2 N–H and O–H groups in total. The first kappa shape index (κ1) is 21.5. The summed E-state index contributed by atoms with van der Waals surface area (Å²) in [6.07, 6.45) is -0.310. The maximum Gasteiger partial charge on any atom is 0.305 e. The summed E-state index contributed by atoms with van der Waals surface area (Å²) >= 11 is 0. The van der Waals surface area contributed by atoms with E-state index < -0.39 is 35.0 Å². The third-order valence-electron chi connectivity index (χ3n) is 3.66. The van der Waals surface area contributed by atoms with E-state index in [4.69, 9.17) is 5.11 Å². The number of amides is 2. The largest absolute Gasteiger partial charge is 0.481 e. The van der Waals surface area contributed by atoms with Crippen LogP contribution in [-0.2, 0) is 20.9 Å². The topological polar surface area (TPSA) is 86.7 Å². The first-order chi connectivity index (χ1) is 11.9. The van der Waals surface area contributed by atoms with Gasteiger partial charge in [0.15, 0.2) is 11.6 Å². The maximum absolute atomic E-state index is 13.4. The van der Waals surface area contributed by atoms with Crippen molar-refractivity contribution in [3.8, 4) is 0 Å². The zero-order valence-corrected chi connectivity index (χ0v) is 15.3. The fourth-order valence-electron chi connectivity index (χ4n) is 2.10. The Bertz CT molecular complexity index is 686. The second-order valence-electron chi connectivity index (χ2n) is 7.10. The SMILES string of the molecule is CC(NC(=O)C(C)(C)C)C(=O)N(CCC(=O)O)Cc1ccc(F)c(F)c1. The zero-order valence-electron chi connectivity index (χ0n) is 15.3. The highest BCUT2D eigenvalue weighted by molar-refractivity contribution is 5.89. The molecule has 0 heterocycles. The standard InChI is InChI=1S/C18H24F2N2O4/c1-11(21-17(26)18(2,3)4)16(25)22(8-7-15(23)24)10-12-5-6-13(19)14(20)9-12/h5-6,9,11H,7-8,10H2,1-4H3,(H,21,26)(H,23,24). The number of carboxylic acid groups (broad SMARTS) is 1. The number of carbonyl (C=O) groups excluding carboxylic acids is 2. The molecule has 0 aromatic heterocycles. The van der Waals surface area contributed by atoms with Crippen LogP contribution in [0.1, 0.15) is 39.7 Å². The average Bonchev–Trinajstić information content (AvgIpc) is 2.52. The molecule has 1 aromatic carbocycles. The molecule has 0 saturated carbocycles. The number of nitrogens with one attached hydrogen (secondary N) is 1. The number of rotatable bonds is 7. The van der Waals surface area contributed by atoms with Gasteiger partial charge in [0.1, 0.15) is 6.04 Å². The number of hydrogen-bond acceptors (Lipinski definition) is 3. The predicted octanol–water partition coefficient (Wildman–Crippen LogP) is 2.32. The lowest BCUT2D eigenvalue weighted by Gasteiger charge is -2.28. The molecule has 1 aromatic rings. The Morgan fingerprint density at radius 1 is 1.19 bits per heavy atom. The summed E-state index contributed by atoms with van der Waals surface area (Å²) < 4.78 is 26.4. The van der Waals surface area contributed by atoms with Crippen molar-refractivity contribution in [3.63, 3.8) is 0 Å². The van der Waals surface area contributed by atoms with Gasteiger partial charge in [-0.2, -0.15) is 0 Å². The Hall–Kier alpha value is -2.51. The van der Waals surface area contributed by atoms with Crippen LogP contribution >= 0.6 is 0 Å². The summed E-state index contributed by atoms with van der Waals surface area (Å²) in [7, 11) is 0. The van der Waals surface area contributed by atoms with Crippen LogP contribution < -0.4 is 5.32 Å². The number of hydrogen-bond donors (Lipinski definition) is 2. The van der Waals surface area contributed by atoms with E-state index in [1.54, 1.807) is 20.8 Å². The van der Waals surface area contributed by atoms with Crippen molar-refractivity contribution in [2.75, 3.05) is 6.54 Å². The van der Waals surface area contributed by atoms with Crippen LogP contribution in [0.3, 0.4) is 0 Å². The molecule has 6 nitrogen and oxygen atoms in total. The van der Waals surface area contributed by atoms with Gasteiger partial charge in [-0.15, -0.1) is 0 Å². The molecule has 1 rings (SSSR count). The van der Waals surface area contributed by atoms with Crippen LogP contribution in [0, 0.1) is 17.0 Å². The van der Waals surface area contributed by atoms with Gasteiger partial charge in [0.05, 0.1) is 6.42 Å². The average molecular weight is 370 g/mol. The molecule has 0 saturated heterocycles. The molecule has 8 heteroatoms. The van der Waals surface area contributed by atoms with Gasteiger partial charge in [-0.25, -0.2) is 8.78 Å². The Kier molecular flexibility index (Phi) is 7.23. The fourth-order valence-corrected chi connectivity index (χ4v) is 2.10. The Balaban J connectivity index is 2.93. The van der Waals surface area contributed by atoms with Crippen LogP contribution in [0.15, 0.2) is 18.2 Å². The third-order valence-corrected chi connectivity index (χ3v) is 3.66. The predicted molar refractivity (Wildman–Crippen MR) is 91.1 cm³/mol. The first-order valence-corrected chi connectivity index (χ1v) is 8.17. The molecule has 144 valence electrons. The number of benzene rings is 1. The minimum absolute atomic E-state index is 0.0982. The quantitative estimate of drug-likeness (QED) is 0.771. The van der Waals surface area contributed by atoms with Gasteiger partial charge in [-0.1, -0.05) is 26.8 Å². The lowest BCUT2D eigenvalue weighted by atomic mass is 9.95. The Morgan fingerprint density at radius 2 is 1.81 bits per heavy atom. The van der Waals surface area contributed by atoms with E-state index >= 15 is 0 Å². The molecule has 0 aliphatic carbocycles. The number of aliphatic carboxylic acids is 1. The smallest absolute Gasteiger partial charge is 0.305 e. The molecule has 2 amide bonds. The van der Waals surface area contributed by atoms with Gasteiger partial charge in [0.25, 0.3) is 0 Å². The Labute approximate surface area is 151 Å². The van der Waals surface area contributed by atoms with E-state index in [-0.39, 0.29) is 25.4 Å². The molecule has 0 radical (unpaired) electrons. The minimum Gasteiger partial charge on any atom is -0.481 e. The molecule has 0 aliphatic rings. The second-order valence-corrected chi connectivity index (χ2v) is 7.10. The van der Waals surface area contributed by atoms with E-state index in [0.717, 1.165) is 12.1 Å². The maximum atomic E-state index is 13.4. The van der Waals surface area contributed by atoms with Crippen LogP contribution in [0.2, 0.25) is 0 Å². The van der Waals surface area contributed by atoms with Crippen molar-refractivity contribution in [1.29, 1.82) is 0 Å². The lowest BCUT2D eigenvalue weighted by molar-refractivity contribution is -0.141. The minimum atomic E-state index is -1.10. The van der Waals surface area contributed by atoms with Gasteiger partial charge < -0.3 is 15.3 Å². The van der Waals surface area contributed by atoms with Gasteiger partial charge >= 0.3 is 5.97 Å². The molecule has 0 bridgehead atoms. The van der Waals surface area contributed by atoms with Gasteiger partial charge in [-0.3, -0.25) is 14.4 Å². The van der Waals surface area contributed by atoms with E-state index in [0.29, 0.717) is 5.56 Å². The number of carboxylic acids is 1. The highest BCUT2D eigenvalue weighted by atomic mass is 19.2. The van der Waals surface area contributed by atoms with Crippen LogP contribution in [0.25, 0.3) is 0 Å². The monoisotopic (exact) mass is 370 g/mol. The summed E-state index contributed by atoms with van der Waals surface area (Å²) in [5.41, 5.74) is -0.377. The zero-order chi connectivity index (χ0) is 20.1. The van der Waals surface area contributed by atoms with Crippen molar-refractivity contribution < 1.29 is 28.3 Å². The molecule has 0 fully saturated rings. The molecule has 1 unspecified atom stereocenters. The molecular formula is C18H24F2N2O4. The van der Waals surface area contributed by atoms with Gasteiger partial charge in [0.2, 0.25) is 11.8 Å². The summed E-state index contributed by atoms with van der Waals surface area (Å²) in [4.78, 5) is 36.7. The summed E-state index contributed by atoms with van der Waals surface area (Å²) in [5.74, 6) is -4.00. The highest BCUT2D eigenvalue weighted by Crippen LogP contribution is 2.15. The van der Waals surface area contributed by atoms with E-state index in [9.17, 15) is 23.2 Å². The summed E-state index contributed by atoms with van der Waals surface area (Å²) in [6, 6.07) is 2.32. The summed E-state index contributed by atoms with van der Waals surface area (Å²) in [6.45, 7) is 6.36. The van der Waals surface area contributed by atoms with Crippen molar-refractivity contribution >= 4 is 17.8 Å². The van der Waals surface area contributed by atoms with Gasteiger partial charge in [0, 0.05) is 18.5 Å². The lowest BCUT2D eigenvalue weighted by Crippen LogP contribution is -2.49. The third kappa shape index (κ3) is 6.42. The van der Waals surface area contributed by atoms with Crippen molar-refractivity contribution in [1.82, 2.24) is 10.2 Å².